The summed E-state index contributed by atoms with van der Waals surface area (Å²) in [5, 5.41) is 11.9. The molecule has 4 heteroatoms. The first-order chi connectivity index (χ1) is 7.60. The summed E-state index contributed by atoms with van der Waals surface area (Å²) in [7, 11) is 0. The molecule has 4 nitrogen and oxygen atoms in total. The number of carboxylic acid groups (broad SMARTS) is 1. The maximum absolute atomic E-state index is 10.9. The van der Waals surface area contributed by atoms with Gasteiger partial charge in [-0.2, -0.15) is 4.91 Å². The van der Waals surface area contributed by atoms with E-state index in [-0.39, 0.29) is 6.04 Å². The van der Waals surface area contributed by atoms with Crippen molar-refractivity contribution in [1.29, 1.82) is 0 Å². The van der Waals surface area contributed by atoms with E-state index >= 15 is 0 Å². The zero-order valence-corrected chi connectivity index (χ0v) is 9.38. The minimum atomic E-state index is -0.822. The molecule has 0 aromatic heterocycles. The van der Waals surface area contributed by atoms with Gasteiger partial charge in [0.1, 0.15) is 6.04 Å². The summed E-state index contributed by atoms with van der Waals surface area (Å²) >= 11 is 0. The fourth-order valence-corrected chi connectivity index (χ4v) is 1.62. The maximum atomic E-state index is 10.9. The second-order valence-electron chi connectivity index (χ2n) is 3.75. The molecule has 0 aliphatic heterocycles. The molecule has 0 aliphatic rings. The van der Waals surface area contributed by atoms with Crippen molar-refractivity contribution in [2.45, 2.75) is 32.2 Å². The number of rotatable bonds is 5. The van der Waals surface area contributed by atoms with Gasteiger partial charge in [0.15, 0.2) is 0 Å². The number of hydrogen-bond donors (Lipinski definition) is 1. The fourth-order valence-electron chi connectivity index (χ4n) is 1.62. The van der Waals surface area contributed by atoms with Crippen LogP contribution < -0.4 is 0 Å². The minimum Gasteiger partial charge on any atom is -0.481 e. The molecular weight excluding hydrogens is 206 g/mol. The average molecular weight is 221 g/mol. The van der Waals surface area contributed by atoms with E-state index in [1.807, 2.05) is 6.92 Å². The molecule has 0 aliphatic carbocycles. The molecule has 0 spiro atoms. The second kappa shape index (κ2) is 5.39. The molecule has 0 fully saturated rings. The summed E-state index contributed by atoms with van der Waals surface area (Å²) in [6.07, 6.45) is 0.552. The third kappa shape index (κ3) is 2.66. The van der Waals surface area contributed by atoms with Crippen LogP contribution in [0.1, 0.15) is 43.4 Å². The van der Waals surface area contributed by atoms with Crippen LogP contribution in [0.25, 0.3) is 0 Å². The van der Waals surface area contributed by atoms with Gasteiger partial charge >= 0.3 is 5.97 Å². The van der Waals surface area contributed by atoms with Crippen LogP contribution in [-0.4, -0.2) is 11.1 Å². The van der Waals surface area contributed by atoms with Crippen LogP contribution in [0.3, 0.4) is 0 Å². The van der Waals surface area contributed by atoms with E-state index in [2.05, 4.69) is 5.18 Å². The number of carbonyl (C=O) groups is 1. The van der Waals surface area contributed by atoms with Crippen LogP contribution in [0.4, 0.5) is 0 Å². The Hall–Kier alpha value is -1.71. The monoisotopic (exact) mass is 221 g/mol. The predicted molar refractivity (Wildman–Crippen MR) is 61.3 cm³/mol. The first-order valence-corrected chi connectivity index (χ1v) is 5.25. The van der Waals surface area contributed by atoms with Crippen LogP contribution in [0.5, 0.6) is 0 Å². The van der Waals surface area contributed by atoms with Gasteiger partial charge in [-0.3, -0.25) is 4.79 Å². The molecule has 0 bridgehead atoms. The van der Waals surface area contributed by atoms with Gasteiger partial charge in [0, 0.05) is 0 Å². The molecule has 0 heterocycles. The Labute approximate surface area is 94.3 Å². The van der Waals surface area contributed by atoms with E-state index in [4.69, 9.17) is 5.11 Å². The van der Waals surface area contributed by atoms with Crippen LogP contribution >= 0.6 is 0 Å². The highest BCUT2D eigenvalue weighted by Gasteiger charge is 2.17. The number of hydrogen-bond acceptors (Lipinski definition) is 3. The van der Waals surface area contributed by atoms with Crippen molar-refractivity contribution in [3.63, 3.8) is 0 Å². The van der Waals surface area contributed by atoms with Crippen LogP contribution in [0.2, 0.25) is 0 Å². The lowest BCUT2D eigenvalue weighted by Gasteiger charge is -2.11. The Morgan fingerprint density at radius 3 is 2.19 bits per heavy atom. The quantitative estimate of drug-likeness (QED) is 0.777. The molecule has 1 rings (SSSR count). The fraction of sp³-hybridized carbons (Fsp3) is 0.417. The van der Waals surface area contributed by atoms with Crippen molar-refractivity contribution in [2.75, 3.05) is 0 Å². The van der Waals surface area contributed by atoms with Crippen molar-refractivity contribution in [2.24, 2.45) is 5.18 Å². The van der Waals surface area contributed by atoms with Gasteiger partial charge in [0.25, 0.3) is 0 Å². The predicted octanol–water partition coefficient (Wildman–Crippen LogP) is 3.09. The second-order valence-corrected chi connectivity index (χ2v) is 3.75. The van der Waals surface area contributed by atoms with Gasteiger partial charge in [-0.15, -0.1) is 0 Å². The largest absolute Gasteiger partial charge is 0.481 e. The zero-order valence-electron chi connectivity index (χ0n) is 9.38. The van der Waals surface area contributed by atoms with E-state index in [0.717, 1.165) is 11.1 Å². The standard InChI is InChI=1S/C12H15NO3/c1-3-11(12(14)15)10-6-4-9(5-7-10)8(2)13-16/h4-8,11H,3H2,1-2H3,(H,14,15). The Morgan fingerprint density at radius 2 is 1.81 bits per heavy atom. The third-order valence-corrected chi connectivity index (χ3v) is 2.69. The molecule has 2 atom stereocenters. The Bertz CT molecular complexity index is 372. The number of aliphatic carboxylic acids is 1. The van der Waals surface area contributed by atoms with Crippen molar-refractivity contribution in [3.8, 4) is 0 Å². The molecule has 86 valence electrons. The molecule has 16 heavy (non-hydrogen) atoms. The van der Waals surface area contributed by atoms with Crippen LogP contribution in [0, 0.1) is 4.91 Å². The lowest BCUT2D eigenvalue weighted by molar-refractivity contribution is -0.138. The first-order valence-electron chi connectivity index (χ1n) is 5.25. The molecule has 1 N–H and O–H groups in total. The highest BCUT2D eigenvalue weighted by molar-refractivity contribution is 5.75. The van der Waals surface area contributed by atoms with Gasteiger partial charge in [-0.25, -0.2) is 0 Å². The Kier molecular flexibility index (Phi) is 4.17. The lowest BCUT2D eigenvalue weighted by atomic mass is 9.95. The molecule has 1 aromatic rings. The zero-order chi connectivity index (χ0) is 12.1. The normalized spacial score (nSPS) is 14.1. The van der Waals surface area contributed by atoms with E-state index in [9.17, 15) is 9.70 Å². The van der Waals surface area contributed by atoms with E-state index in [1.54, 1.807) is 31.2 Å². The summed E-state index contributed by atoms with van der Waals surface area (Å²) in [6.45, 7) is 3.54. The Morgan fingerprint density at radius 1 is 1.31 bits per heavy atom. The molecule has 0 saturated heterocycles. The van der Waals surface area contributed by atoms with E-state index in [1.165, 1.54) is 0 Å². The SMILES string of the molecule is CCC(C(=O)O)c1ccc(C(C)N=O)cc1. The smallest absolute Gasteiger partial charge is 0.310 e. The lowest BCUT2D eigenvalue weighted by Crippen LogP contribution is -2.10. The van der Waals surface area contributed by atoms with Gasteiger partial charge in [-0.1, -0.05) is 36.4 Å². The molecule has 2 unspecified atom stereocenters. The molecular formula is C12H15NO3. The molecule has 0 radical (unpaired) electrons. The van der Waals surface area contributed by atoms with Crippen molar-refractivity contribution in [3.05, 3.63) is 40.3 Å². The average Bonchev–Trinajstić information content (AvgIpc) is 2.29. The molecule has 0 saturated carbocycles. The summed E-state index contributed by atoms with van der Waals surface area (Å²) in [5.41, 5.74) is 1.57. The van der Waals surface area contributed by atoms with Crippen LogP contribution in [-0.2, 0) is 4.79 Å². The molecule has 0 amide bonds. The highest BCUT2D eigenvalue weighted by Crippen LogP contribution is 2.23. The number of nitrogens with zero attached hydrogens (tertiary/aromatic N) is 1. The maximum Gasteiger partial charge on any atom is 0.310 e. The topological polar surface area (TPSA) is 66.7 Å². The number of carboxylic acids is 1. The van der Waals surface area contributed by atoms with Gasteiger partial charge < -0.3 is 5.11 Å². The summed E-state index contributed by atoms with van der Waals surface area (Å²) < 4.78 is 0. The summed E-state index contributed by atoms with van der Waals surface area (Å²) in [6, 6.07) is 6.62. The highest BCUT2D eigenvalue weighted by atomic mass is 16.4. The van der Waals surface area contributed by atoms with Crippen LogP contribution in [0.15, 0.2) is 29.4 Å². The summed E-state index contributed by atoms with van der Waals surface area (Å²) in [5.74, 6) is -1.30. The van der Waals surface area contributed by atoms with Gasteiger partial charge in [0.05, 0.1) is 5.92 Å². The van der Waals surface area contributed by atoms with E-state index in [0.29, 0.717) is 6.42 Å². The van der Waals surface area contributed by atoms with E-state index < -0.39 is 11.9 Å². The van der Waals surface area contributed by atoms with Crippen molar-refractivity contribution < 1.29 is 9.90 Å². The minimum absolute atomic E-state index is 0.390. The van der Waals surface area contributed by atoms with Gasteiger partial charge in [-0.05, 0) is 24.5 Å². The number of benzene rings is 1. The van der Waals surface area contributed by atoms with Crippen molar-refractivity contribution >= 4 is 5.97 Å². The molecule has 1 aromatic carbocycles. The van der Waals surface area contributed by atoms with Gasteiger partial charge in [0.2, 0.25) is 0 Å². The Balaban J connectivity index is 2.93. The third-order valence-electron chi connectivity index (χ3n) is 2.69. The number of nitroso groups, excluding NO2 is 1. The first kappa shape index (κ1) is 12.4. The summed E-state index contributed by atoms with van der Waals surface area (Å²) in [4.78, 5) is 21.3. The van der Waals surface area contributed by atoms with Crippen molar-refractivity contribution in [1.82, 2.24) is 0 Å².